The zero-order chi connectivity index (χ0) is 15.5. The van der Waals surface area contributed by atoms with E-state index in [1.165, 1.54) is 18.2 Å². The van der Waals surface area contributed by atoms with Crippen LogP contribution >= 0.6 is 0 Å². The number of benzene rings is 1. The van der Waals surface area contributed by atoms with Gasteiger partial charge in [-0.25, -0.2) is 13.2 Å². The van der Waals surface area contributed by atoms with Crippen LogP contribution in [0.2, 0.25) is 0 Å². The first-order chi connectivity index (χ1) is 9.18. The van der Waals surface area contributed by atoms with Gasteiger partial charge in [0, 0.05) is 16.9 Å². The molecule has 0 aliphatic carbocycles. The quantitative estimate of drug-likeness (QED) is 0.658. The second-order valence-corrected chi connectivity index (χ2v) is 7.26. The first kappa shape index (κ1) is 17.1. The zero-order valence-electron chi connectivity index (χ0n) is 11.6. The maximum Gasteiger partial charge on any atom is 0.266 e. The van der Waals surface area contributed by atoms with Gasteiger partial charge in [0.2, 0.25) is 0 Å². The number of nitrogens with one attached hydrogen (secondary N) is 1. The van der Waals surface area contributed by atoms with E-state index in [4.69, 9.17) is 0 Å². The van der Waals surface area contributed by atoms with Crippen molar-refractivity contribution >= 4 is 11.4 Å². The Hall–Kier alpha value is -0.980. The van der Waals surface area contributed by atoms with Crippen molar-refractivity contribution in [1.82, 2.24) is 4.72 Å². The molecule has 1 aromatic carbocycles. The fourth-order valence-electron chi connectivity index (χ4n) is 1.51. The first-order valence-electron chi connectivity index (χ1n) is 6.05. The minimum atomic E-state index is -2.89. The third-order valence-corrected chi connectivity index (χ3v) is 4.23. The van der Waals surface area contributed by atoms with E-state index in [9.17, 15) is 17.7 Å². The van der Waals surface area contributed by atoms with Crippen LogP contribution in [-0.4, -0.2) is 9.30 Å². The first-order valence-corrected chi connectivity index (χ1v) is 7.20. The average molecular weight is 305 g/mol. The molecule has 0 fully saturated rings. The number of hydrogen-bond acceptors (Lipinski definition) is 2. The summed E-state index contributed by atoms with van der Waals surface area (Å²) in [5.41, 5.74) is -0.659. The van der Waals surface area contributed by atoms with E-state index in [0.29, 0.717) is 0 Å². The van der Waals surface area contributed by atoms with Gasteiger partial charge < -0.3 is 4.55 Å². The number of alkyl halides is 2. The van der Waals surface area contributed by atoms with Gasteiger partial charge in [0.05, 0.1) is 11.6 Å². The lowest BCUT2D eigenvalue weighted by atomic mass is 10.0. The molecular formula is C14H18F3NOS. The Morgan fingerprint density at radius 1 is 1.30 bits per heavy atom. The molecule has 2 atom stereocenters. The van der Waals surface area contributed by atoms with E-state index < -0.39 is 40.0 Å². The monoisotopic (exact) mass is 305 g/mol. The highest BCUT2D eigenvalue weighted by atomic mass is 32.2. The molecule has 1 aromatic rings. The van der Waals surface area contributed by atoms with Gasteiger partial charge in [0.1, 0.15) is 10.6 Å². The molecule has 0 saturated heterocycles. The lowest BCUT2D eigenvalue weighted by Gasteiger charge is -2.27. The summed E-state index contributed by atoms with van der Waals surface area (Å²) in [6.07, 6.45) is -1.55. The highest BCUT2D eigenvalue weighted by Gasteiger charge is 2.30. The summed E-state index contributed by atoms with van der Waals surface area (Å²) in [6, 6.07) is 2.96. The van der Waals surface area contributed by atoms with Crippen LogP contribution in [0, 0.1) is 5.82 Å². The summed E-state index contributed by atoms with van der Waals surface area (Å²) in [4.78, 5) is 0. The van der Waals surface area contributed by atoms with E-state index in [-0.39, 0.29) is 5.56 Å². The maximum absolute atomic E-state index is 14.0. The largest absolute Gasteiger partial charge is 0.598 e. The summed E-state index contributed by atoms with van der Waals surface area (Å²) >= 11 is -1.47. The molecule has 2 nitrogen and oxygen atoms in total. The summed E-state index contributed by atoms with van der Waals surface area (Å²) in [5.74, 6) is -0.995. The predicted octanol–water partition coefficient (Wildman–Crippen LogP) is 4.04. The van der Waals surface area contributed by atoms with Crippen molar-refractivity contribution in [2.45, 2.75) is 38.0 Å². The van der Waals surface area contributed by atoms with E-state index in [1.807, 2.05) is 0 Å². The number of rotatable bonds is 5. The van der Waals surface area contributed by atoms with Crippen molar-refractivity contribution in [3.63, 3.8) is 0 Å². The molecule has 0 heterocycles. The van der Waals surface area contributed by atoms with Gasteiger partial charge in [0.25, 0.3) is 6.43 Å². The Morgan fingerprint density at radius 2 is 1.85 bits per heavy atom. The van der Waals surface area contributed by atoms with E-state index >= 15 is 0 Å². The van der Waals surface area contributed by atoms with Gasteiger partial charge >= 0.3 is 0 Å². The Balaban J connectivity index is 3.08. The van der Waals surface area contributed by atoms with Gasteiger partial charge in [0.15, 0.2) is 0 Å². The third-order valence-electron chi connectivity index (χ3n) is 2.65. The van der Waals surface area contributed by atoms with E-state index in [1.54, 1.807) is 20.8 Å². The van der Waals surface area contributed by atoms with Crippen LogP contribution in [0.1, 0.15) is 44.4 Å². The predicted molar refractivity (Wildman–Crippen MR) is 75.3 cm³/mol. The molecule has 0 radical (unpaired) electrons. The summed E-state index contributed by atoms with van der Waals surface area (Å²) in [6.45, 7) is 8.79. The highest BCUT2D eigenvalue weighted by Crippen LogP contribution is 2.29. The van der Waals surface area contributed by atoms with Crippen LogP contribution in [0.4, 0.5) is 13.2 Å². The summed E-state index contributed by atoms with van der Waals surface area (Å²) in [7, 11) is 0. The topological polar surface area (TPSA) is 35.1 Å². The van der Waals surface area contributed by atoms with Crippen molar-refractivity contribution in [1.29, 1.82) is 0 Å². The van der Waals surface area contributed by atoms with Crippen molar-refractivity contribution in [2.75, 3.05) is 0 Å². The van der Waals surface area contributed by atoms with Crippen LogP contribution in [0.15, 0.2) is 30.9 Å². The molecule has 0 aliphatic heterocycles. The van der Waals surface area contributed by atoms with Crippen LogP contribution in [-0.2, 0) is 11.4 Å². The van der Waals surface area contributed by atoms with Crippen molar-refractivity contribution < 1.29 is 17.7 Å². The van der Waals surface area contributed by atoms with Crippen molar-refractivity contribution in [3.05, 3.63) is 47.8 Å². The molecule has 1 rings (SSSR count). The Morgan fingerprint density at radius 3 is 2.30 bits per heavy atom. The van der Waals surface area contributed by atoms with E-state index in [0.717, 1.165) is 6.07 Å². The van der Waals surface area contributed by atoms with Gasteiger partial charge in [-0.1, -0.05) is 24.3 Å². The molecule has 20 heavy (non-hydrogen) atoms. The molecule has 6 heteroatoms. The smallest absolute Gasteiger partial charge is 0.266 e. The van der Waals surface area contributed by atoms with Crippen molar-refractivity contribution in [3.8, 4) is 0 Å². The third kappa shape index (κ3) is 4.01. The fourth-order valence-corrected chi connectivity index (χ4v) is 2.32. The van der Waals surface area contributed by atoms with Gasteiger partial charge in [-0.15, -0.1) is 11.3 Å². The molecule has 1 N–H and O–H groups in total. The Bertz CT molecular complexity index is 474. The van der Waals surface area contributed by atoms with Crippen LogP contribution in [0.25, 0.3) is 0 Å². The second-order valence-electron chi connectivity index (χ2n) is 5.26. The van der Waals surface area contributed by atoms with Crippen LogP contribution in [0.3, 0.4) is 0 Å². The number of hydrogen-bond donors (Lipinski definition) is 1. The molecule has 0 aromatic heterocycles. The second kappa shape index (κ2) is 6.65. The highest BCUT2D eigenvalue weighted by molar-refractivity contribution is 7.90. The fraction of sp³-hybridized carbons (Fsp3) is 0.429. The summed E-state index contributed by atoms with van der Waals surface area (Å²) < 4.78 is 53.6. The lowest BCUT2D eigenvalue weighted by Crippen LogP contribution is -2.41. The van der Waals surface area contributed by atoms with Gasteiger partial charge in [-0.05, 0) is 20.8 Å². The molecule has 112 valence electrons. The average Bonchev–Trinajstić information content (AvgIpc) is 2.34. The minimum absolute atomic E-state index is 0.00963. The molecule has 0 amide bonds. The lowest BCUT2D eigenvalue weighted by molar-refractivity contribution is 0.146. The molecular weight excluding hydrogens is 287 g/mol. The SMILES string of the molecule is C=CC(N[S+]([O-])C(C)(C)C)c1cccc(C(F)F)c1F. The summed E-state index contributed by atoms with van der Waals surface area (Å²) in [5, 5.41) is 0. The Kier molecular flexibility index (Phi) is 5.68. The van der Waals surface area contributed by atoms with Gasteiger partial charge in [-0.2, -0.15) is 0 Å². The minimum Gasteiger partial charge on any atom is -0.598 e. The standard InChI is InChI=1S/C14H18F3NOS/c1-5-11(18-20(19)14(2,3)4)9-7-6-8-10(12(9)15)13(16)17/h5-8,11,13,18H,1H2,2-4H3. The van der Waals surface area contributed by atoms with Crippen molar-refractivity contribution in [2.24, 2.45) is 0 Å². The molecule has 2 unspecified atom stereocenters. The molecule has 0 aliphatic rings. The number of halogens is 3. The Labute approximate surface area is 120 Å². The zero-order valence-corrected chi connectivity index (χ0v) is 12.4. The molecule has 0 spiro atoms. The van der Waals surface area contributed by atoms with Crippen LogP contribution < -0.4 is 4.72 Å². The maximum atomic E-state index is 14.0. The van der Waals surface area contributed by atoms with E-state index in [2.05, 4.69) is 11.3 Å². The van der Waals surface area contributed by atoms with Crippen LogP contribution in [0.5, 0.6) is 0 Å². The molecule has 0 saturated carbocycles. The van der Waals surface area contributed by atoms with Gasteiger partial charge in [-0.3, -0.25) is 0 Å². The normalized spacial score (nSPS) is 15.2. The molecule has 0 bridgehead atoms.